The SMILES string of the molecule is CC(C)(C)c1cc(N2c3cc4c(ccc5ccccc54)cc3B3c4cc5ccc6ccccc6c5cc4N(c4cc(C(C)(C)C)cc(C(C)(C)C)c4)c4cc(-c5nc(-c6cc(-c7ccccc7)cc(-c7ccccc7)c6)c6ccccc6n5)cc2c43)cc(C(C)(C)C)c1. The molecule has 13 aromatic carbocycles. The van der Waals surface area contributed by atoms with Gasteiger partial charge in [-0.2, -0.15) is 0 Å². The van der Waals surface area contributed by atoms with Crippen LogP contribution in [0.2, 0.25) is 0 Å². The Morgan fingerprint density at radius 3 is 1.11 bits per heavy atom. The van der Waals surface area contributed by atoms with Crippen molar-refractivity contribution in [1.82, 2.24) is 9.97 Å². The highest BCUT2D eigenvalue weighted by Gasteiger charge is 2.45. The molecule has 0 aliphatic carbocycles. The van der Waals surface area contributed by atoms with Crippen LogP contribution in [0.4, 0.5) is 34.1 Å². The van der Waals surface area contributed by atoms with Gasteiger partial charge in [0.05, 0.1) is 11.2 Å². The molecule has 5 heteroatoms. The zero-order valence-corrected chi connectivity index (χ0v) is 55.5. The molecule has 0 spiro atoms. The molecule has 452 valence electrons. The van der Waals surface area contributed by atoms with E-state index in [0.717, 1.165) is 72.7 Å². The molecule has 0 unspecified atom stereocenters. The predicted molar refractivity (Wildman–Crippen MR) is 400 cm³/mol. The van der Waals surface area contributed by atoms with E-state index in [2.05, 4.69) is 342 Å². The van der Waals surface area contributed by atoms with Crippen LogP contribution in [0.25, 0.3) is 98.9 Å². The average molecular weight is 1200 g/mol. The highest BCUT2D eigenvalue weighted by Crippen LogP contribution is 2.51. The minimum Gasteiger partial charge on any atom is -0.311 e. The van der Waals surface area contributed by atoms with E-state index in [1.807, 2.05) is 0 Å². The second-order valence-corrected chi connectivity index (χ2v) is 30.4. The van der Waals surface area contributed by atoms with Crippen LogP contribution in [-0.4, -0.2) is 16.7 Å². The Labute approximate surface area is 548 Å². The van der Waals surface area contributed by atoms with Gasteiger partial charge in [-0.05, 0) is 198 Å². The number of fused-ring (bicyclic) bond motifs is 11. The molecule has 2 aliphatic heterocycles. The normalized spacial score (nSPS) is 13.3. The van der Waals surface area contributed by atoms with Gasteiger partial charge in [-0.3, -0.25) is 0 Å². The maximum absolute atomic E-state index is 5.94. The molecule has 0 bridgehead atoms. The first kappa shape index (κ1) is 58.0. The summed E-state index contributed by atoms with van der Waals surface area (Å²) in [6.07, 6.45) is 0. The molecule has 0 atom stereocenters. The van der Waals surface area contributed by atoms with E-state index in [0.29, 0.717) is 5.82 Å². The lowest BCUT2D eigenvalue weighted by Gasteiger charge is -2.45. The highest BCUT2D eigenvalue weighted by molar-refractivity contribution is 7.00. The summed E-state index contributed by atoms with van der Waals surface area (Å²) in [4.78, 5) is 17.0. The molecule has 3 heterocycles. The fourth-order valence-corrected chi connectivity index (χ4v) is 14.7. The topological polar surface area (TPSA) is 32.3 Å². The molecule has 1 aromatic heterocycles. The fourth-order valence-electron chi connectivity index (χ4n) is 14.7. The first-order valence-corrected chi connectivity index (χ1v) is 33.1. The van der Waals surface area contributed by atoms with Gasteiger partial charge in [0, 0.05) is 50.6 Å². The van der Waals surface area contributed by atoms with E-state index in [4.69, 9.17) is 9.97 Å². The maximum atomic E-state index is 5.94. The smallest absolute Gasteiger partial charge is 0.252 e. The quantitative estimate of drug-likeness (QED) is 0.123. The Kier molecular flexibility index (Phi) is 13.2. The van der Waals surface area contributed by atoms with Crippen LogP contribution in [0.15, 0.2) is 249 Å². The number of aromatic nitrogens is 2. The predicted octanol–water partition coefficient (Wildman–Crippen LogP) is 22.2. The fraction of sp³-hybridized carbons (Fsp3) is 0.182. The van der Waals surface area contributed by atoms with E-state index in [1.165, 1.54) is 93.1 Å². The lowest BCUT2D eigenvalue weighted by Crippen LogP contribution is -2.61. The number of para-hydroxylation sites is 1. The molecule has 2 aliphatic rings. The van der Waals surface area contributed by atoms with Crippen molar-refractivity contribution in [3.63, 3.8) is 0 Å². The third kappa shape index (κ3) is 9.98. The lowest BCUT2D eigenvalue weighted by molar-refractivity contribution is 0.568. The van der Waals surface area contributed by atoms with Gasteiger partial charge < -0.3 is 9.80 Å². The van der Waals surface area contributed by atoms with Crippen LogP contribution < -0.4 is 26.2 Å². The van der Waals surface area contributed by atoms with Crippen LogP contribution in [0, 0.1) is 0 Å². The molecule has 0 radical (unpaired) electrons. The molecular formula is C88H77BN4. The van der Waals surface area contributed by atoms with Crippen LogP contribution in [0.1, 0.15) is 105 Å². The summed E-state index contributed by atoms with van der Waals surface area (Å²) < 4.78 is 0. The monoisotopic (exact) mass is 1200 g/mol. The Bertz CT molecular complexity index is 5030. The summed E-state index contributed by atoms with van der Waals surface area (Å²) in [7, 11) is 0. The summed E-state index contributed by atoms with van der Waals surface area (Å²) in [6.45, 7) is 28.1. The molecular weight excluding hydrogens is 1120 g/mol. The Hall–Kier alpha value is -10.1. The van der Waals surface area contributed by atoms with E-state index < -0.39 is 0 Å². The standard InChI is InChI=1S/C88H77BN4/c1-85(2,3)64-46-65(86(4,5)6)49-68(48-64)92-78-52-73-58(37-35-56-29-19-21-31-70(56)73)42-75(78)89-76-43-59-38-36-57-30-20-22-32-71(57)74(59)53-79(76)93(69-50-66(87(7,8)9)47-67(51-69)88(10,11)12)81-45-63(44-80(92)82(81)89)84-90-77-34-24-23-33-72(77)83(91-84)62-40-60(54-25-15-13-16-26-54)39-61(41-62)55-27-17-14-18-28-55/h13-53H,1-12H3. The van der Waals surface area contributed by atoms with Crippen molar-refractivity contribution in [3.05, 3.63) is 271 Å². The number of hydrogen-bond acceptors (Lipinski definition) is 4. The summed E-state index contributed by atoms with van der Waals surface area (Å²) in [5.41, 5.74) is 23.4. The van der Waals surface area contributed by atoms with Crippen LogP contribution in [0.3, 0.4) is 0 Å². The van der Waals surface area contributed by atoms with Gasteiger partial charge in [-0.1, -0.05) is 259 Å². The van der Waals surface area contributed by atoms with Gasteiger partial charge in [-0.15, -0.1) is 0 Å². The maximum Gasteiger partial charge on any atom is 0.252 e. The summed E-state index contributed by atoms with van der Waals surface area (Å²) in [6, 6.07) is 94.1. The van der Waals surface area contributed by atoms with E-state index in [1.54, 1.807) is 0 Å². The number of hydrogen-bond donors (Lipinski definition) is 0. The Balaban J connectivity index is 1.08. The van der Waals surface area contributed by atoms with Crippen molar-refractivity contribution in [2.75, 3.05) is 9.80 Å². The van der Waals surface area contributed by atoms with Crippen LogP contribution in [-0.2, 0) is 21.7 Å². The van der Waals surface area contributed by atoms with E-state index >= 15 is 0 Å². The van der Waals surface area contributed by atoms with Crippen molar-refractivity contribution in [1.29, 1.82) is 0 Å². The van der Waals surface area contributed by atoms with E-state index in [-0.39, 0.29) is 28.4 Å². The summed E-state index contributed by atoms with van der Waals surface area (Å²) in [5.74, 6) is 0.661. The third-order valence-corrected chi connectivity index (χ3v) is 19.9. The molecule has 0 amide bonds. The number of anilines is 6. The third-order valence-electron chi connectivity index (χ3n) is 19.9. The summed E-state index contributed by atoms with van der Waals surface area (Å²) >= 11 is 0. The van der Waals surface area contributed by atoms with Gasteiger partial charge in [0.1, 0.15) is 0 Å². The van der Waals surface area contributed by atoms with E-state index in [9.17, 15) is 0 Å². The zero-order chi connectivity index (χ0) is 64.0. The van der Waals surface area contributed by atoms with Gasteiger partial charge in [0.2, 0.25) is 0 Å². The lowest BCUT2D eigenvalue weighted by atomic mass is 9.33. The average Bonchev–Trinajstić information content (AvgIpc) is 0.688. The first-order valence-electron chi connectivity index (χ1n) is 33.1. The van der Waals surface area contributed by atoms with Gasteiger partial charge in [0.25, 0.3) is 6.71 Å². The highest BCUT2D eigenvalue weighted by atomic mass is 15.2. The molecule has 16 rings (SSSR count). The van der Waals surface area contributed by atoms with Crippen molar-refractivity contribution in [2.45, 2.75) is 105 Å². The second-order valence-electron chi connectivity index (χ2n) is 30.4. The van der Waals surface area contributed by atoms with Crippen LogP contribution in [0.5, 0.6) is 0 Å². The van der Waals surface area contributed by atoms with Crippen molar-refractivity contribution < 1.29 is 0 Å². The second kappa shape index (κ2) is 21.2. The zero-order valence-electron chi connectivity index (χ0n) is 55.5. The number of nitrogens with zero attached hydrogens (tertiary/aromatic N) is 4. The van der Waals surface area contributed by atoms with Gasteiger partial charge >= 0.3 is 0 Å². The van der Waals surface area contributed by atoms with Crippen LogP contribution >= 0.6 is 0 Å². The van der Waals surface area contributed by atoms with Crippen molar-refractivity contribution in [2.24, 2.45) is 0 Å². The Morgan fingerprint density at radius 1 is 0.280 bits per heavy atom. The molecule has 0 saturated heterocycles. The molecule has 4 nitrogen and oxygen atoms in total. The number of rotatable bonds is 6. The Morgan fingerprint density at radius 2 is 0.667 bits per heavy atom. The minimum absolute atomic E-state index is 0.157. The molecule has 0 saturated carbocycles. The minimum atomic E-state index is -0.181. The molecule has 93 heavy (non-hydrogen) atoms. The molecule has 0 fully saturated rings. The number of benzene rings is 13. The molecule has 14 aromatic rings. The van der Waals surface area contributed by atoms with Gasteiger partial charge in [0.15, 0.2) is 5.82 Å². The summed E-state index contributed by atoms with van der Waals surface area (Å²) in [5, 5.41) is 10.8. The van der Waals surface area contributed by atoms with Gasteiger partial charge in [-0.25, -0.2) is 9.97 Å². The molecule has 0 N–H and O–H groups in total. The van der Waals surface area contributed by atoms with Crippen molar-refractivity contribution >= 4 is 111 Å². The van der Waals surface area contributed by atoms with Crippen molar-refractivity contribution in [3.8, 4) is 44.9 Å². The largest absolute Gasteiger partial charge is 0.311 e. The first-order chi connectivity index (χ1) is 44.6.